The quantitative estimate of drug-likeness (QED) is 0.772. The highest BCUT2D eigenvalue weighted by Crippen LogP contribution is 2.19. The first-order valence-electron chi connectivity index (χ1n) is 7.98. The Bertz CT molecular complexity index is 681. The van der Waals surface area contributed by atoms with Crippen molar-refractivity contribution in [3.63, 3.8) is 0 Å². The summed E-state index contributed by atoms with van der Waals surface area (Å²) in [4.78, 5) is 18.3. The first-order chi connectivity index (χ1) is 11.4. The molecule has 0 bridgehead atoms. The van der Waals surface area contributed by atoms with Gasteiger partial charge in [-0.3, -0.25) is 9.78 Å². The third-order valence-electron chi connectivity index (χ3n) is 3.77. The molecule has 0 radical (unpaired) electrons. The minimum Gasteiger partial charge on any atom is -0.489 e. The minimum absolute atomic E-state index is 0. The molecular formula is C19H27Cl2N3O2. The molecule has 0 saturated heterocycles. The molecule has 2 rings (SSSR count). The first-order valence-corrected chi connectivity index (χ1v) is 7.98. The second-order valence-corrected chi connectivity index (χ2v) is 6.71. The smallest absolute Gasteiger partial charge is 0.253 e. The van der Waals surface area contributed by atoms with E-state index in [4.69, 9.17) is 10.5 Å². The molecule has 2 aromatic rings. The second-order valence-electron chi connectivity index (χ2n) is 6.71. The summed E-state index contributed by atoms with van der Waals surface area (Å²) in [5.41, 5.74) is 7.23. The van der Waals surface area contributed by atoms with Crippen LogP contribution in [0.1, 0.15) is 29.8 Å². The van der Waals surface area contributed by atoms with Crippen LogP contribution in [0.2, 0.25) is 0 Å². The van der Waals surface area contributed by atoms with E-state index in [9.17, 15) is 4.79 Å². The Balaban J connectivity index is 0.00000312. The van der Waals surface area contributed by atoms with E-state index in [1.807, 2.05) is 38.1 Å². The number of benzene rings is 1. The topological polar surface area (TPSA) is 68.5 Å². The number of nitrogens with zero attached hydrogens (tertiary/aromatic N) is 2. The molecule has 1 amide bonds. The highest BCUT2D eigenvalue weighted by molar-refractivity contribution is 5.94. The third-order valence-corrected chi connectivity index (χ3v) is 3.77. The fraction of sp³-hybridized carbons (Fsp3) is 0.368. The molecule has 7 heteroatoms. The van der Waals surface area contributed by atoms with E-state index >= 15 is 0 Å². The van der Waals surface area contributed by atoms with Gasteiger partial charge in [-0.15, -0.1) is 24.8 Å². The normalized spacial score (nSPS) is 10.3. The van der Waals surface area contributed by atoms with E-state index in [1.165, 1.54) is 0 Å². The molecule has 1 aromatic carbocycles. The number of carbonyl (C=O) groups excluding carboxylic acids is 1. The summed E-state index contributed by atoms with van der Waals surface area (Å²) in [6, 6.07) is 11.1. The van der Waals surface area contributed by atoms with Crippen molar-refractivity contribution < 1.29 is 9.53 Å². The van der Waals surface area contributed by atoms with Gasteiger partial charge in [0.2, 0.25) is 0 Å². The van der Waals surface area contributed by atoms with Gasteiger partial charge in [-0.05, 0) is 36.2 Å². The maximum absolute atomic E-state index is 12.6. The molecule has 0 aliphatic rings. The van der Waals surface area contributed by atoms with Gasteiger partial charge < -0.3 is 15.4 Å². The lowest BCUT2D eigenvalue weighted by atomic mass is 9.93. The molecule has 26 heavy (non-hydrogen) atoms. The van der Waals surface area contributed by atoms with Crippen molar-refractivity contribution in [2.45, 2.75) is 20.5 Å². The van der Waals surface area contributed by atoms with Gasteiger partial charge >= 0.3 is 0 Å². The summed E-state index contributed by atoms with van der Waals surface area (Å²) in [6.07, 6.45) is 3.49. The second kappa shape index (κ2) is 11.0. The van der Waals surface area contributed by atoms with Gasteiger partial charge in [-0.1, -0.05) is 26.0 Å². The Labute approximate surface area is 167 Å². The highest BCUT2D eigenvalue weighted by atomic mass is 35.5. The number of nitrogens with two attached hydrogens (primary N) is 1. The average Bonchev–Trinajstić information content (AvgIpc) is 2.60. The molecule has 0 fully saturated rings. The summed E-state index contributed by atoms with van der Waals surface area (Å²) < 4.78 is 5.75. The summed E-state index contributed by atoms with van der Waals surface area (Å²) in [7, 11) is 1.79. The number of hydrogen-bond acceptors (Lipinski definition) is 4. The van der Waals surface area contributed by atoms with Crippen molar-refractivity contribution in [2.24, 2.45) is 11.1 Å². The maximum atomic E-state index is 12.6. The zero-order valence-electron chi connectivity index (χ0n) is 15.3. The van der Waals surface area contributed by atoms with Crippen LogP contribution in [0.5, 0.6) is 5.75 Å². The molecule has 0 unspecified atom stereocenters. The molecule has 2 N–H and O–H groups in total. The van der Waals surface area contributed by atoms with Gasteiger partial charge in [0.15, 0.2) is 0 Å². The van der Waals surface area contributed by atoms with Crippen molar-refractivity contribution in [3.05, 3.63) is 59.9 Å². The lowest BCUT2D eigenvalue weighted by Crippen LogP contribution is -2.39. The Kier molecular flexibility index (Phi) is 10.2. The number of rotatable bonds is 7. The van der Waals surface area contributed by atoms with Crippen molar-refractivity contribution in [1.82, 2.24) is 9.88 Å². The lowest BCUT2D eigenvalue weighted by molar-refractivity contribution is 0.0740. The van der Waals surface area contributed by atoms with Crippen LogP contribution in [0.3, 0.4) is 0 Å². The van der Waals surface area contributed by atoms with Crippen LogP contribution in [0.4, 0.5) is 0 Å². The van der Waals surface area contributed by atoms with E-state index < -0.39 is 0 Å². The fourth-order valence-electron chi connectivity index (χ4n) is 2.37. The Morgan fingerprint density at radius 2 is 1.96 bits per heavy atom. The van der Waals surface area contributed by atoms with Gasteiger partial charge in [0.25, 0.3) is 5.91 Å². The minimum atomic E-state index is -0.112. The van der Waals surface area contributed by atoms with Crippen molar-refractivity contribution in [1.29, 1.82) is 0 Å². The molecule has 0 aliphatic carbocycles. The van der Waals surface area contributed by atoms with Crippen molar-refractivity contribution in [3.8, 4) is 5.75 Å². The summed E-state index contributed by atoms with van der Waals surface area (Å²) in [5, 5.41) is 0. The Morgan fingerprint density at radius 3 is 2.58 bits per heavy atom. The molecule has 144 valence electrons. The van der Waals surface area contributed by atoms with Crippen LogP contribution in [-0.2, 0) is 6.61 Å². The number of pyridine rings is 1. The zero-order chi connectivity index (χ0) is 17.6. The molecule has 1 heterocycles. The number of halogens is 2. The maximum Gasteiger partial charge on any atom is 0.253 e. The van der Waals surface area contributed by atoms with Crippen LogP contribution in [0, 0.1) is 5.41 Å². The van der Waals surface area contributed by atoms with Crippen LogP contribution in [-0.4, -0.2) is 35.9 Å². The third kappa shape index (κ3) is 7.20. The summed E-state index contributed by atoms with van der Waals surface area (Å²) in [6.45, 7) is 5.64. The van der Waals surface area contributed by atoms with Gasteiger partial charge in [-0.25, -0.2) is 0 Å². The number of aromatic nitrogens is 1. The lowest BCUT2D eigenvalue weighted by Gasteiger charge is -2.29. The predicted molar refractivity (Wildman–Crippen MR) is 109 cm³/mol. The van der Waals surface area contributed by atoms with Gasteiger partial charge in [0, 0.05) is 37.1 Å². The van der Waals surface area contributed by atoms with E-state index in [2.05, 4.69) is 4.98 Å². The average molecular weight is 400 g/mol. The van der Waals surface area contributed by atoms with E-state index in [0.717, 1.165) is 5.56 Å². The van der Waals surface area contributed by atoms with Crippen LogP contribution in [0.15, 0.2) is 48.8 Å². The Morgan fingerprint density at radius 1 is 1.23 bits per heavy atom. The Hall–Kier alpha value is -1.82. The number of ether oxygens (including phenoxy) is 1. The largest absolute Gasteiger partial charge is 0.489 e. The molecule has 5 nitrogen and oxygen atoms in total. The highest BCUT2D eigenvalue weighted by Gasteiger charge is 2.22. The fourth-order valence-corrected chi connectivity index (χ4v) is 2.37. The van der Waals surface area contributed by atoms with Crippen molar-refractivity contribution in [2.75, 3.05) is 20.1 Å². The van der Waals surface area contributed by atoms with Gasteiger partial charge in [0.1, 0.15) is 12.4 Å². The van der Waals surface area contributed by atoms with Crippen LogP contribution < -0.4 is 10.5 Å². The number of hydrogen-bond donors (Lipinski definition) is 1. The standard InChI is InChI=1S/C19H25N3O2.2ClH/c1-19(2,13-20)14-22(3)18(23)16-7-4-8-17(10-16)24-12-15-6-5-9-21-11-15;;/h4-11H,12-14,20H2,1-3H3;2*1H. The molecular weight excluding hydrogens is 373 g/mol. The molecule has 0 saturated carbocycles. The van der Waals surface area contributed by atoms with E-state index in [1.54, 1.807) is 36.5 Å². The summed E-state index contributed by atoms with van der Waals surface area (Å²) in [5.74, 6) is 0.625. The zero-order valence-corrected chi connectivity index (χ0v) is 17.0. The van der Waals surface area contributed by atoms with Gasteiger partial charge in [-0.2, -0.15) is 0 Å². The van der Waals surface area contributed by atoms with Crippen molar-refractivity contribution >= 4 is 30.7 Å². The predicted octanol–water partition coefficient (Wildman–Crippen LogP) is 3.56. The van der Waals surface area contributed by atoms with Crippen LogP contribution in [0.25, 0.3) is 0 Å². The van der Waals surface area contributed by atoms with E-state index in [-0.39, 0.29) is 36.1 Å². The molecule has 1 aromatic heterocycles. The number of amides is 1. The van der Waals surface area contributed by atoms with Crippen LogP contribution >= 0.6 is 24.8 Å². The molecule has 0 atom stereocenters. The van der Waals surface area contributed by atoms with Gasteiger partial charge in [0.05, 0.1) is 0 Å². The number of carbonyl (C=O) groups is 1. The molecule has 0 aliphatic heterocycles. The monoisotopic (exact) mass is 399 g/mol. The molecule has 0 spiro atoms. The SMILES string of the molecule is CN(CC(C)(C)CN)C(=O)c1cccc(OCc2cccnc2)c1.Cl.Cl. The van der Waals surface area contributed by atoms with E-state index in [0.29, 0.717) is 31.0 Å². The summed E-state index contributed by atoms with van der Waals surface area (Å²) >= 11 is 0. The first kappa shape index (κ1) is 24.2.